The first kappa shape index (κ1) is 14.9. The van der Waals surface area contributed by atoms with Gasteiger partial charge >= 0.3 is 0 Å². The summed E-state index contributed by atoms with van der Waals surface area (Å²) < 4.78 is 0. The number of aryl methyl sites for hydroxylation is 1. The number of hydrogen-bond donors (Lipinski definition) is 1. The molecule has 0 aromatic heterocycles. The van der Waals surface area contributed by atoms with Crippen molar-refractivity contribution in [2.75, 3.05) is 5.32 Å². The summed E-state index contributed by atoms with van der Waals surface area (Å²) in [6.45, 7) is 4.23. The number of fused-ring (bicyclic) bond motifs is 3. The van der Waals surface area contributed by atoms with Crippen LogP contribution in [-0.2, 0) is 0 Å². The van der Waals surface area contributed by atoms with Gasteiger partial charge in [-0.15, -0.1) is 0 Å². The summed E-state index contributed by atoms with van der Waals surface area (Å²) in [6.07, 6.45) is 5.42. The van der Waals surface area contributed by atoms with Crippen LogP contribution in [0.4, 0.5) is 11.4 Å². The minimum atomic E-state index is -0.271. The Kier molecular flexibility index (Phi) is 3.41. The molecule has 2 aromatic rings. The molecule has 3 atom stereocenters. The molecule has 2 aliphatic rings. The van der Waals surface area contributed by atoms with Crippen LogP contribution in [0, 0.1) is 29.9 Å². The van der Waals surface area contributed by atoms with Crippen molar-refractivity contribution < 1.29 is 4.92 Å². The summed E-state index contributed by atoms with van der Waals surface area (Å²) in [5.41, 5.74) is 5.91. The average Bonchev–Trinajstić information content (AvgIpc) is 3.07. The minimum Gasteiger partial charge on any atom is -0.377 e. The van der Waals surface area contributed by atoms with Crippen molar-refractivity contribution in [3.8, 4) is 0 Å². The predicted molar refractivity (Wildman–Crippen MR) is 95.4 cm³/mol. The topological polar surface area (TPSA) is 55.2 Å². The van der Waals surface area contributed by atoms with E-state index in [0.29, 0.717) is 11.8 Å². The van der Waals surface area contributed by atoms with E-state index in [2.05, 4.69) is 43.4 Å². The lowest BCUT2D eigenvalue weighted by molar-refractivity contribution is -0.385. The van der Waals surface area contributed by atoms with Crippen LogP contribution in [0.25, 0.3) is 0 Å². The number of nitro benzene ring substituents is 1. The number of allylic oxidation sites excluding steroid dienone is 2. The Labute approximate surface area is 141 Å². The lowest BCUT2D eigenvalue weighted by Crippen LogP contribution is -2.30. The molecule has 1 aliphatic carbocycles. The van der Waals surface area contributed by atoms with Crippen molar-refractivity contribution in [3.63, 3.8) is 0 Å². The van der Waals surface area contributed by atoms with E-state index in [9.17, 15) is 10.1 Å². The maximum absolute atomic E-state index is 11.5. The molecule has 2 aromatic carbocycles. The van der Waals surface area contributed by atoms with Gasteiger partial charge in [0.05, 0.1) is 16.5 Å². The first-order valence-electron chi connectivity index (χ1n) is 8.34. The van der Waals surface area contributed by atoms with E-state index in [0.717, 1.165) is 17.7 Å². The summed E-state index contributed by atoms with van der Waals surface area (Å²) >= 11 is 0. The zero-order chi connectivity index (χ0) is 16.8. The number of nitrogens with zero attached hydrogens (tertiary/aromatic N) is 1. The smallest absolute Gasteiger partial charge is 0.274 e. The van der Waals surface area contributed by atoms with Crippen LogP contribution in [0.15, 0.2) is 48.6 Å². The third-order valence-electron chi connectivity index (χ3n) is 5.54. The fourth-order valence-electron chi connectivity index (χ4n) is 4.14. The molecular weight excluding hydrogens is 300 g/mol. The van der Waals surface area contributed by atoms with Crippen molar-refractivity contribution in [1.82, 2.24) is 0 Å². The molecule has 0 fully saturated rings. The van der Waals surface area contributed by atoms with Gasteiger partial charge in [-0.1, -0.05) is 42.5 Å². The van der Waals surface area contributed by atoms with E-state index in [1.807, 2.05) is 12.1 Å². The van der Waals surface area contributed by atoms with Crippen LogP contribution < -0.4 is 5.32 Å². The number of anilines is 1. The third kappa shape index (κ3) is 2.13. The standard InChI is InChI=1S/C20H20N2O2/c1-12-10-11-16-14-7-5-8-15(14)20(21-19(16)13(12)2)17-6-3-4-9-18(17)22(23)24/h3-7,9-11,14-15,20-21H,8H2,1-2H3/t14-,15+,20-/m0/s1. The second kappa shape index (κ2) is 5.48. The van der Waals surface area contributed by atoms with Gasteiger partial charge in [0, 0.05) is 17.7 Å². The largest absolute Gasteiger partial charge is 0.377 e. The Morgan fingerprint density at radius 1 is 1.12 bits per heavy atom. The van der Waals surface area contributed by atoms with Gasteiger partial charge in [-0.05, 0) is 42.9 Å². The van der Waals surface area contributed by atoms with Crippen LogP contribution >= 0.6 is 0 Å². The Hall–Kier alpha value is -2.62. The van der Waals surface area contributed by atoms with Gasteiger partial charge in [0.15, 0.2) is 0 Å². The molecule has 0 amide bonds. The van der Waals surface area contributed by atoms with E-state index in [1.165, 1.54) is 16.7 Å². The first-order valence-corrected chi connectivity index (χ1v) is 8.34. The molecule has 4 nitrogen and oxygen atoms in total. The molecule has 4 rings (SSSR count). The number of rotatable bonds is 2. The average molecular weight is 320 g/mol. The van der Waals surface area contributed by atoms with Crippen LogP contribution in [0.1, 0.15) is 40.6 Å². The highest BCUT2D eigenvalue weighted by atomic mass is 16.6. The third-order valence-corrected chi connectivity index (χ3v) is 5.54. The second-order valence-corrected chi connectivity index (χ2v) is 6.76. The molecule has 0 saturated heterocycles. The second-order valence-electron chi connectivity index (χ2n) is 6.76. The van der Waals surface area contributed by atoms with Crippen LogP contribution in [0.2, 0.25) is 0 Å². The summed E-state index contributed by atoms with van der Waals surface area (Å²) in [5, 5.41) is 15.1. The molecule has 0 spiro atoms. The Morgan fingerprint density at radius 2 is 1.92 bits per heavy atom. The molecule has 0 bridgehead atoms. The highest BCUT2D eigenvalue weighted by Crippen LogP contribution is 2.52. The highest BCUT2D eigenvalue weighted by Gasteiger charge is 2.40. The molecule has 0 saturated carbocycles. The number of nitro groups is 1. The summed E-state index contributed by atoms with van der Waals surface area (Å²) in [6, 6.07) is 11.4. The fourth-order valence-corrected chi connectivity index (χ4v) is 4.14. The molecule has 1 N–H and O–H groups in total. The van der Waals surface area contributed by atoms with E-state index in [4.69, 9.17) is 0 Å². The number of benzene rings is 2. The van der Waals surface area contributed by atoms with Gasteiger partial charge in [-0.2, -0.15) is 0 Å². The highest BCUT2D eigenvalue weighted by molar-refractivity contribution is 5.66. The van der Waals surface area contributed by atoms with Crippen molar-refractivity contribution >= 4 is 11.4 Å². The summed E-state index contributed by atoms with van der Waals surface area (Å²) in [7, 11) is 0. The summed E-state index contributed by atoms with van der Waals surface area (Å²) in [4.78, 5) is 11.2. The van der Waals surface area contributed by atoms with Gasteiger partial charge < -0.3 is 5.32 Å². The normalized spacial score (nSPS) is 24.2. The fraction of sp³-hybridized carbons (Fsp3) is 0.300. The molecule has 0 unspecified atom stereocenters. The van der Waals surface area contributed by atoms with Gasteiger partial charge in [0.1, 0.15) is 0 Å². The number of nitrogens with one attached hydrogen (secondary N) is 1. The van der Waals surface area contributed by atoms with Crippen molar-refractivity contribution in [2.24, 2.45) is 5.92 Å². The van der Waals surface area contributed by atoms with Gasteiger partial charge in [0.25, 0.3) is 5.69 Å². The van der Waals surface area contributed by atoms with Crippen molar-refractivity contribution in [1.29, 1.82) is 0 Å². The SMILES string of the molecule is Cc1ccc2c(c1C)N[C@H](c1ccccc1[N+](=O)[O-])[C@@H]1CC=C[C@H]21. The van der Waals surface area contributed by atoms with Crippen LogP contribution in [-0.4, -0.2) is 4.92 Å². The van der Waals surface area contributed by atoms with Crippen LogP contribution in [0.3, 0.4) is 0 Å². The van der Waals surface area contributed by atoms with Crippen LogP contribution in [0.5, 0.6) is 0 Å². The Balaban J connectivity index is 1.87. The van der Waals surface area contributed by atoms with E-state index in [1.54, 1.807) is 12.1 Å². The quantitative estimate of drug-likeness (QED) is 0.479. The van der Waals surface area contributed by atoms with Crippen molar-refractivity contribution in [3.05, 3.63) is 80.9 Å². The van der Waals surface area contributed by atoms with Gasteiger partial charge in [0.2, 0.25) is 0 Å². The minimum absolute atomic E-state index is 0.0420. The zero-order valence-electron chi connectivity index (χ0n) is 13.8. The van der Waals surface area contributed by atoms with Gasteiger partial charge in [-0.3, -0.25) is 10.1 Å². The maximum atomic E-state index is 11.5. The molecule has 4 heteroatoms. The molecule has 122 valence electrons. The Morgan fingerprint density at radius 3 is 2.71 bits per heavy atom. The van der Waals surface area contributed by atoms with Crippen molar-refractivity contribution in [2.45, 2.75) is 32.2 Å². The van der Waals surface area contributed by atoms with E-state index in [-0.39, 0.29) is 16.7 Å². The molecule has 1 aliphatic heterocycles. The molecular formula is C20H20N2O2. The number of para-hydroxylation sites is 1. The zero-order valence-corrected chi connectivity index (χ0v) is 13.8. The lowest BCUT2D eigenvalue weighted by atomic mass is 9.75. The molecule has 0 radical (unpaired) electrons. The Bertz CT molecular complexity index is 857. The predicted octanol–water partition coefficient (Wildman–Crippen LogP) is 5.04. The number of hydrogen-bond acceptors (Lipinski definition) is 3. The monoisotopic (exact) mass is 320 g/mol. The van der Waals surface area contributed by atoms with E-state index < -0.39 is 0 Å². The first-order chi connectivity index (χ1) is 11.6. The molecule has 24 heavy (non-hydrogen) atoms. The van der Waals surface area contributed by atoms with E-state index >= 15 is 0 Å². The molecule has 1 heterocycles. The maximum Gasteiger partial charge on any atom is 0.274 e. The lowest BCUT2D eigenvalue weighted by Gasteiger charge is -2.38. The van der Waals surface area contributed by atoms with Gasteiger partial charge in [-0.25, -0.2) is 0 Å². The summed E-state index contributed by atoms with van der Waals surface area (Å²) in [5.74, 6) is 0.645.